The van der Waals surface area contributed by atoms with Crippen molar-refractivity contribution in [3.63, 3.8) is 0 Å². The van der Waals surface area contributed by atoms with Gasteiger partial charge in [0, 0.05) is 37.4 Å². The number of hydrogen-bond donors (Lipinski definition) is 1. The molecule has 0 saturated heterocycles. The summed E-state index contributed by atoms with van der Waals surface area (Å²) in [7, 11) is 0. The molecule has 2 heterocycles. The van der Waals surface area contributed by atoms with Gasteiger partial charge in [0.25, 0.3) is 0 Å². The lowest BCUT2D eigenvalue weighted by Crippen LogP contribution is -2.15. The highest BCUT2D eigenvalue weighted by molar-refractivity contribution is 6.34. The SMILES string of the molecule is C[C@H](CC(=O)Nc1cc2c(cc1Cl)OCCCO2)c1cccnc1. The Bertz CT molecular complexity index is 722. The molecule has 6 heteroatoms. The molecule has 1 atom stereocenters. The summed E-state index contributed by atoms with van der Waals surface area (Å²) < 4.78 is 11.2. The van der Waals surface area contributed by atoms with Crippen molar-refractivity contribution in [3.8, 4) is 11.5 Å². The Morgan fingerprint density at radius 2 is 2.08 bits per heavy atom. The fourth-order valence-corrected chi connectivity index (χ4v) is 2.75. The molecule has 1 aliphatic rings. The van der Waals surface area contributed by atoms with E-state index in [9.17, 15) is 4.79 Å². The largest absolute Gasteiger partial charge is 0.490 e. The van der Waals surface area contributed by atoms with Crippen LogP contribution in [0.1, 0.15) is 31.2 Å². The minimum atomic E-state index is -0.109. The summed E-state index contributed by atoms with van der Waals surface area (Å²) >= 11 is 6.25. The lowest BCUT2D eigenvalue weighted by molar-refractivity contribution is -0.116. The molecular weight excluding hydrogens is 328 g/mol. The van der Waals surface area contributed by atoms with E-state index in [0.29, 0.717) is 41.8 Å². The maximum absolute atomic E-state index is 12.3. The van der Waals surface area contributed by atoms with Crippen LogP contribution >= 0.6 is 11.6 Å². The van der Waals surface area contributed by atoms with Crippen LogP contribution in [0.4, 0.5) is 5.69 Å². The molecule has 0 aliphatic carbocycles. The summed E-state index contributed by atoms with van der Waals surface area (Å²) in [5.74, 6) is 1.17. The molecule has 1 aromatic heterocycles. The molecule has 0 radical (unpaired) electrons. The zero-order chi connectivity index (χ0) is 16.9. The Morgan fingerprint density at radius 1 is 1.33 bits per heavy atom. The first-order chi connectivity index (χ1) is 11.6. The number of pyridine rings is 1. The summed E-state index contributed by atoms with van der Waals surface area (Å²) in [6.07, 6.45) is 4.65. The summed E-state index contributed by atoms with van der Waals surface area (Å²) in [6, 6.07) is 7.23. The third-order valence-corrected chi connectivity index (χ3v) is 4.17. The molecule has 1 amide bonds. The predicted molar refractivity (Wildman–Crippen MR) is 93.0 cm³/mol. The lowest BCUT2D eigenvalue weighted by Gasteiger charge is -2.14. The number of hydrogen-bond acceptors (Lipinski definition) is 4. The van der Waals surface area contributed by atoms with E-state index in [0.717, 1.165) is 12.0 Å². The van der Waals surface area contributed by atoms with E-state index in [1.807, 2.05) is 19.1 Å². The number of aromatic nitrogens is 1. The van der Waals surface area contributed by atoms with Crippen molar-refractivity contribution in [3.05, 3.63) is 47.2 Å². The number of nitrogens with zero attached hydrogens (tertiary/aromatic N) is 1. The molecular formula is C18H19ClN2O3. The number of fused-ring (bicyclic) bond motifs is 1. The Hall–Kier alpha value is -2.27. The van der Waals surface area contributed by atoms with Crippen LogP contribution in [0, 0.1) is 0 Å². The second-order valence-electron chi connectivity index (χ2n) is 5.77. The van der Waals surface area contributed by atoms with Crippen LogP contribution in [-0.2, 0) is 4.79 Å². The minimum absolute atomic E-state index is 0.0675. The Kier molecular flexibility index (Phi) is 5.20. The monoisotopic (exact) mass is 346 g/mol. The standard InChI is InChI=1S/C18H19ClN2O3/c1-12(13-4-2-5-20-11-13)8-18(22)21-15-10-17-16(9-14(15)19)23-6-3-7-24-17/h2,4-5,9-12H,3,6-8H2,1H3,(H,21,22)/t12-/m1/s1. The first-order valence-electron chi connectivity index (χ1n) is 7.92. The van der Waals surface area contributed by atoms with Crippen LogP contribution in [0.5, 0.6) is 11.5 Å². The summed E-state index contributed by atoms with van der Waals surface area (Å²) in [6.45, 7) is 3.17. The van der Waals surface area contributed by atoms with E-state index < -0.39 is 0 Å². The molecule has 126 valence electrons. The van der Waals surface area contributed by atoms with E-state index in [4.69, 9.17) is 21.1 Å². The van der Waals surface area contributed by atoms with Gasteiger partial charge in [0.05, 0.1) is 23.9 Å². The third kappa shape index (κ3) is 3.97. The smallest absolute Gasteiger partial charge is 0.225 e. The van der Waals surface area contributed by atoms with Gasteiger partial charge in [-0.25, -0.2) is 0 Å². The molecule has 3 rings (SSSR count). The van der Waals surface area contributed by atoms with Crippen molar-refractivity contribution in [2.24, 2.45) is 0 Å². The number of benzene rings is 1. The quantitative estimate of drug-likeness (QED) is 0.908. The molecule has 1 N–H and O–H groups in total. The lowest BCUT2D eigenvalue weighted by atomic mass is 9.99. The van der Waals surface area contributed by atoms with E-state index in [1.165, 1.54) is 0 Å². The van der Waals surface area contributed by atoms with Gasteiger partial charge >= 0.3 is 0 Å². The normalized spacial score (nSPS) is 14.6. The highest BCUT2D eigenvalue weighted by atomic mass is 35.5. The molecule has 1 aliphatic heterocycles. The number of halogens is 1. The van der Waals surface area contributed by atoms with Crippen LogP contribution in [0.3, 0.4) is 0 Å². The van der Waals surface area contributed by atoms with Crippen molar-refractivity contribution in [1.82, 2.24) is 4.98 Å². The minimum Gasteiger partial charge on any atom is -0.490 e. The average molecular weight is 347 g/mol. The highest BCUT2D eigenvalue weighted by Crippen LogP contribution is 2.37. The third-order valence-electron chi connectivity index (χ3n) is 3.86. The Balaban J connectivity index is 1.69. The second kappa shape index (κ2) is 7.53. The van der Waals surface area contributed by atoms with Gasteiger partial charge in [-0.15, -0.1) is 0 Å². The summed E-state index contributed by atoms with van der Waals surface area (Å²) in [4.78, 5) is 16.4. The molecule has 2 aromatic rings. The van der Waals surface area contributed by atoms with E-state index in [2.05, 4.69) is 10.3 Å². The maximum Gasteiger partial charge on any atom is 0.225 e. The predicted octanol–water partition coefficient (Wildman–Crippen LogP) is 4.03. The number of anilines is 1. The Morgan fingerprint density at radius 3 is 2.79 bits per heavy atom. The first-order valence-corrected chi connectivity index (χ1v) is 8.30. The van der Waals surface area contributed by atoms with Crippen molar-refractivity contribution >= 4 is 23.2 Å². The molecule has 0 unspecified atom stereocenters. The van der Waals surface area contributed by atoms with Crippen molar-refractivity contribution in [2.45, 2.75) is 25.7 Å². The van der Waals surface area contributed by atoms with Gasteiger partial charge < -0.3 is 14.8 Å². The molecule has 1 aromatic carbocycles. The van der Waals surface area contributed by atoms with Crippen molar-refractivity contribution < 1.29 is 14.3 Å². The van der Waals surface area contributed by atoms with Crippen LogP contribution in [0.25, 0.3) is 0 Å². The summed E-state index contributed by atoms with van der Waals surface area (Å²) in [5.41, 5.74) is 1.56. The van der Waals surface area contributed by atoms with Gasteiger partial charge in [-0.1, -0.05) is 24.6 Å². The van der Waals surface area contributed by atoms with Crippen molar-refractivity contribution in [1.29, 1.82) is 0 Å². The zero-order valence-electron chi connectivity index (χ0n) is 13.4. The molecule has 0 bridgehead atoms. The van der Waals surface area contributed by atoms with Gasteiger partial charge in [-0.2, -0.15) is 0 Å². The fraction of sp³-hybridized carbons (Fsp3) is 0.333. The second-order valence-corrected chi connectivity index (χ2v) is 6.18. The number of ether oxygens (including phenoxy) is 2. The zero-order valence-corrected chi connectivity index (χ0v) is 14.2. The number of rotatable bonds is 4. The summed E-state index contributed by atoms with van der Waals surface area (Å²) in [5, 5.41) is 3.29. The van der Waals surface area contributed by atoms with Crippen molar-refractivity contribution in [2.75, 3.05) is 18.5 Å². The number of nitrogens with one attached hydrogen (secondary N) is 1. The van der Waals surface area contributed by atoms with Gasteiger partial charge in [0.1, 0.15) is 0 Å². The highest BCUT2D eigenvalue weighted by Gasteiger charge is 2.17. The number of amides is 1. The number of carbonyl (C=O) groups is 1. The van der Waals surface area contributed by atoms with E-state index in [-0.39, 0.29) is 11.8 Å². The molecule has 24 heavy (non-hydrogen) atoms. The van der Waals surface area contributed by atoms with Gasteiger partial charge in [-0.05, 0) is 17.5 Å². The number of carbonyl (C=O) groups excluding carboxylic acids is 1. The maximum atomic E-state index is 12.3. The Labute approximate surface area is 145 Å². The van der Waals surface area contributed by atoms with Crippen LogP contribution < -0.4 is 14.8 Å². The molecule has 5 nitrogen and oxygen atoms in total. The van der Waals surface area contributed by atoms with Gasteiger partial charge in [0.2, 0.25) is 5.91 Å². The topological polar surface area (TPSA) is 60.5 Å². The van der Waals surface area contributed by atoms with Gasteiger partial charge in [-0.3, -0.25) is 9.78 Å². The van der Waals surface area contributed by atoms with E-state index in [1.54, 1.807) is 24.5 Å². The van der Waals surface area contributed by atoms with E-state index >= 15 is 0 Å². The van der Waals surface area contributed by atoms with Crippen LogP contribution in [0.2, 0.25) is 5.02 Å². The average Bonchev–Trinajstić information content (AvgIpc) is 2.81. The van der Waals surface area contributed by atoms with Crippen LogP contribution in [-0.4, -0.2) is 24.1 Å². The first kappa shape index (κ1) is 16.6. The van der Waals surface area contributed by atoms with Gasteiger partial charge in [0.15, 0.2) is 11.5 Å². The fourth-order valence-electron chi connectivity index (χ4n) is 2.54. The van der Waals surface area contributed by atoms with Crippen LogP contribution in [0.15, 0.2) is 36.7 Å². The molecule has 0 spiro atoms. The molecule has 0 saturated carbocycles. The molecule has 0 fully saturated rings.